The number of carbonyl (C=O) groups excluding carboxylic acids is 2. The highest BCUT2D eigenvalue weighted by molar-refractivity contribution is 5.98. The minimum atomic E-state index is -1.73. The molecule has 2 saturated carbocycles. The second kappa shape index (κ2) is 4.24. The summed E-state index contributed by atoms with van der Waals surface area (Å²) in [6, 6.07) is 1.69. The molecule has 0 amide bonds. The normalized spacial score (nSPS) is 53.7. The Hall–Kier alpha value is -1.70. The third kappa shape index (κ3) is 1.33. The number of hydrogen-bond donors (Lipinski definition) is 2. The molecule has 7 rings (SSSR count). The first-order chi connectivity index (χ1) is 12.3. The number of hydrogen-bond acceptors (Lipinski definition) is 7. The van der Waals surface area contributed by atoms with Gasteiger partial charge in [-0.15, -0.1) is 0 Å². The van der Waals surface area contributed by atoms with Crippen molar-refractivity contribution in [2.24, 2.45) is 22.7 Å². The maximum absolute atomic E-state index is 12.8. The number of fused-ring (bicyclic) bond motifs is 5. The average molecular weight is 360 g/mol. The third-order valence-corrected chi connectivity index (χ3v) is 8.12. The Balaban J connectivity index is 1.59. The van der Waals surface area contributed by atoms with Crippen molar-refractivity contribution >= 4 is 11.8 Å². The van der Waals surface area contributed by atoms with Crippen LogP contribution in [-0.4, -0.2) is 46.6 Å². The molecule has 3 aliphatic heterocycles. The first kappa shape index (κ1) is 15.4. The number of ether oxygens (including phenoxy) is 2. The summed E-state index contributed by atoms with van der Waals surface area (Å²) in [5.74, 6) is -2.28. The van der Waals surface area contributed by atoms with Crippen LogP contribution in [0.15, 0.2) is 16.7 Å². The molecule has 7 nitrogen and oxygen atoms in total. The Labute approximate surface area is 149 Å². The van der Waals surface area contributed by atoms with Crippen molar-refractivity contribution in [3.8, 4) is 0 Å². The fourth-order valence-corrected chi connectivity index (χ4v) is 6.95. The lowest BCUT2D eigenvalue weighted by molar-refractivity contribution is -0.398. The Morgan fingerprint density at radius 1 is 1.31 bits per heavy atom. The maximum atomic E-state index is 12.8. The molecule has 6 aliphatic rings. The van der Waals surface area contributed by atoms with Crippen molar-refractivity contribution in [2.75, 3.05) is 6.61 Å². The number of Topliss-reactive ketones (excluding diaryl/α,β-unsaturated/α-hetero) is 1. The van der Waals surface area contributed by atoms with Crippen LogP contribution in [0.1, 0.15) is 48.2 Å². The Kier molecular flexibility index (Phi) is 2.50. The molecule has 26 heavy (non-hydrogen) atoms. The van der Waals surface area contributed by atoms with E-state index < -0.39 is 34.8 Å². The van der Waals surface area contributed by atoms with E-state index in [1.165, 1.54) is 6.26 Å². The number of aliphatic hydroxyl groups excluding tert-OH is 1. The summed E-state index contributed by atoms with van der Waals surface area (Å²) in [4.78, 5) is 25.5. The number of ketones is 1. The summed E-state index contributed by atoms with van der Waals surface area (Å²) in [5.41, 5.74) is -1.45. The van der Waals surface area contributed by atoms with E-state index in [1.807, 2.05) is 0 Å². The molecular weight excluding hydrogens is 340 g/mol. The van der Waals surface area contributed by atoms with Crippen LogP contribution in [0.5, 0.6) is 0 Å². The van der Waals surface area contributed by atoms with Crippen molar-refractivity contribution in [1.82, 2.24) is 0 Å². The largest absolute Gasteiger partial charge is 0.468 e. The fourth-order valence-electron chi connectivity index (χ4n) is 6.95. The molecule has 4 heterocycles. The van der Waals surface area contributed by atoms with Crippen LogP contribution >= 0.6 is 0 Å². The van der Waals surface area contributed by atoms with Gasteiger partial charge in [0.15, 0.2) is 11.6 Å². The molecule has 1 spiro atoms. The number of aliphatic hydroxyl groups is 2. The lowest BCUT2D eigenvalue weighted by Crippen LogP contribution is -2.77. The quantitative estimate of drug-likeness (QED) is 0.665. The highest BCUT2D eigenvalue weighted by atomic mass is 16.6. The van der Waals surface area contributed by atoms with E-state index in [9.17, 15) is 19.8 Å². The zero-order valence-corrected chi connectivity index (χ0v) is 14.3. The lowest BCUT2D eigenvalue weighted by Gasteiger charge is -2.67. The van der Waals surface area contributed by atoms with E-state index in [2.05, 4.69) is 0 Å². The van der Waals surface area contributed by atoms with Crippen molar-refractivity contribution in [3.63, 3.8) is 0 Å². The Bertz CT molecular complexity index is 860. The summed E-state index contributed by atoms with van der Waals surface area (Å²) >= 11 is 0. The first-order valence-corrected chi connectivity index (χ1v) is 9.19. The van der Waals surface area contributed by atoms with Crippen LogP contribution in [0, 0.1) is 22.7 Å². The summed E-state index contributed by atoms with van der Waals surface area (Å²) in [6.07, 6.45) is 0.995. The summed E-state index contributed by atoms with van der Waals surface area (Å²) in [5, 5.41) is 22.1. The van der Waals surface area contributed by atoms with Gasteiger partial charge < -0.3 is 24.1 Å². The van der Waals surface area contributed by atoms with E-state index in [1.54, 1.807) is 13.0 Å². The summed E-state index contributed by atoms with van der Waals surface area (Å²) < 4.78 is 17.2. The standard InChI is InChI=1S/C19H20O7/c1-17-15-12(26-16(17)22)4-9-10(5-11(20)8-2-3-24-14(8)9)18(15)7-25-19(17,23)6-13(18)21/h2-3,9-10,12-13,15,21,23H,4-7H2,1H3/t9-,10-,12-,13+,15?,17+,18?,19-/m1/s1. The minimum Gasteiger partial charge on any atom is -0.468 e. The van der Waals surface area contributed by atoms with Crippen molar-refractivity contribution < 1.29 is 33.7 Å². The van der Waals surface area contributed by atoms with E-state index in [0.29, 0.717) is 17.7 Å². The molecule has 3 aliphatic carbocycles. The molecule has 1 aromatic heterocycles. The fraction of sp³-hybridized carbons (Fsp3) is 0.684. The molecule has 0 radical (unpaired) electrons. The monoisotopic (exact) mass is 360 g/mol. The second-order valence-corrected chi connectivity index (χ2v) is 8.80. The van der Waals surface area contributed by atoms with Gasteiger partial charge in [0, 0.05) is 30.1 Å². The molecule has 2 N–H and O–H groups in total. The predicted molar refractivity (Wildman–Crippen MR) is 83.9 cm³/mol. The number of furan rings is 1. The van der Waals surface area contributed by atoms with E-state index in [4.69, 9.17) is 13.9 Å². The zero-order valence-electron chi connectivity index (χ0n) is 14.3. The van der Waals surface area contributed by atoms with Gasteiger partial charge in [-0.2, -0.15) is 0 Å². The van der Waals surface area contributed by atoms with E-state index in [0.717, 1.165) is 0 Å². The highest BCUT2D eigenvalue weighted by Gasteiger charge is 2.82. The van der Waals surface area contributed by atoms with E-state index >= 15 is 0 Å². The van der Waals surface area contributed by atoms with Crippen LogP contribution in [0.25, 0.3) is 0 Å². The van der Waals surface area contributed by atoms with Crippen LogP contribution in [-0.2, 0) is 14.3 Å². The molecule has 5 fully saturated rings. The van der Waals surface area contributed by atoms with Crippen molar-refractivity contribution in [2.45, 2.75) is 50.1 Å². The second-order valence-electron chi connectivity index (χ2n) is 8.80. The van der Waals surface area contributed by atoms with Gasteiger partial charge in [0.1, 0.15) is 17.3 Å². The molecular formula is C19H20O7. The first-order valence-electron chi connectivity index (χ1n) is 9.19. The van der Waals surface area contributed by atoms with Gasteiger partial charge in [0.2, 0.25) is 0 Å². The van der Waals surface area contributed by atoms with Crippen LogP contribution in [0.3, 0.4) is 0 Å². The van der Waals surface area contributed by atoms with Crippen molar-refractivity contribution in [1.29, 1.82) is 0 Å². The van der Waals surface area contributed by atoms with Gasteiger partial charge in [0.25, 0.3) is 0 Å². The molecule has 2 bridgehead atoms. The smallest absolute Gasteiger partial charge is 0.318 e. The Morgan fingerprint density at radius 2 is 2.12 bits per heavy atom. The molecule has 7 heteroatoms. The van der Waals surface area contributed by atoms with Gasteiger partial charge >= 0.3 is 5.97 Å². The molecule has 3 saturated heterocycles. The average Bonchev–Trinajstić information content (AvgIpc) is 3.17. The van der Waals surface area contributed by atoms with Crippen LogP contribution in [0.2, 0.25) is 0 Å². The van der Waals surface area contributed by atoms with Gasteiger partial charge in [-0.25, -0.2) is 0 Å². The summed E-state index contributed by atoms with van der Waals surface area (Å²) in [7, 11) is 0. The number of carbonyl (C=O) groups is 2. The molecule has 0 aromatic carbocycles. The van der Waals surface area contributed by atoms with Gasteiger partial charge in [0.05, 0.1) is 24.5 Å². The minimum absolute atomic E-state index is 0.00613. The highest BCUT2D eigenvalue weighted by Crippen LogP contribution is 2.73. The van der Waals surface area contributed by atoms with Gasteiger partial charge in [-0.1, -0.05) is 0 Å². The molecule has 1 aromatic rings. The molecule has 8 atom stereocenters. The number of rotatable bonds is 0. The third-order valence-electron chi connectivity index (χ3n) is 8.12. The Morgan fingerprint density at radius 3 is 2.88 bits per heavy atom. The maximum Gasteiger partial charge on any atom is 0.318 e. The summed E-state index contributed by atoms with van der Waals surface area (Å²) in [6.45, 7) is 1.80. The van der Waals surface area contributed by atoms with Gasteiger partial charge in [-0.3, -0.25) is 9.59 Å². The molecule has 2 unspecified atom stereocenters. The van der Waals surface area contributed by atoms with Crippen LogP contribution < -0.4 is 0 Å². The number of esters is 1. The van der Waals surface area contributed by atoms with Crippen molar-refractivity contribution in [3.05, 3.63) is 23.7 Å². The predicted octanol–water partition coefficient (Wildman–Crippen LogP) is 0.987. The van der Waals surface area contributed by atoms with Crippen LogP contribution in [0.4, 0.5) is 0 Å². The zero-order chi connectivity index (χ0) is 18.1. The van der Waals surface area contributed by atoms with E-state index in [-0.39, 0.29) is 43.0 Å². The van der Waals surface area contributed by atoms with Gasteiger partial charge in [-0.05, 0) is 25.3 Å². The molecule has 138 valence electrons. The lowest BCUT2D eigenvalue weighted by atomic mass is 9.40. The topological polar surface area (TPSA) is 106 Å². The SMILES string of the molecule is C[C@]12C(=O)O[C@@H]3C[C@H]4c5occc5C(=O)C[C@H]4C4(CO[C@]1(O)C[C@@H]4O)C32.